The number of ether oxygens (including phenoxy) is 1. The number of fused-ring (bicyclic) bond motifs is 1. The lowest BCUT2D eigenvalue weighted by Gasteiger charge is -2.24. The lowest BCUT2D eigenvalue weighted by atomic mass is 9.87. The molecule has 0 bridgehead atoms. The van der Waals surface area contributed by atoms with Crippen LogP contribution in [0.1, 0.15) is 66.7 Å². The van der Waals surface area contributed by atoms with Gasteiger partial charge in [-0.25, -0.2) is 4.39 Å². The molecule has 7 heteroatoms. The number of carboxylic acids is 1. The smallest absolute Gasteiger partial charge is 0.305 e. The van der Waals surface area contributed by atoms with Crippen LogP contribution in [0.25, 0.3) is 0 Å². The van der Waals surface area contributed by atoms with Gasteiger partial charge in [-0.15, -0.1) is 0 Å². The summed E-state index contributed by atoms with van der Waals surface area (Å²) in [5.74, 6) is -0.969. The number of rotatable bonds is 8. The van der Waals surface area contributed by atoms with Gasteiger partial charge in [0.05, 0.1) is 11.4 Å². The van der Waals surface area contributed by atoms with E-state index < -0.39 is 17.4 Å². The molecule has 3 aromatic rings. The highest BCUT2D eigenvalue weighted by molar-refractivity contribution is 6.30. The number of hydrogen-bond acceptors (Lipinski definition) is 3. The standard InChI is InChI=1S/C31H33ClFNO4/c1-30(2,3)24-9-5-20(6-10-24)19-34(14-13-28(35)36)29(37)22-8-12-27-23(16-22)18-31(4,38-27)17-21-7-11-25(32)26(33)15-21/h5-12,15-16H,13-14,17-19H2,1-4H3,(H,35,36). The molecule has 0 saturated carbocycles. The zero-order chi connectivity index (χ0) is 27.7. The van der Waals surface area contributed by atoms with Gasteiger partial charge in [-0.3, -0.25) is 9.59 Å². The molecule has 0 radical (unpaired) electrons. The maximum absolute atomic E-state index is 13.9. The van der Waals surface area contributed by atoms with E-state index in [4.69, 9.17) is 16.3 Å². The van der Waals surface area contributed by atoms with Crippen LogP contribution < -0.4 is 4.74 Å². The summed E-state index contributed by atoms with van der Waals surface area (Å²) in [6, 6.07) is 18.1. The molecule has 1 N–H and O–H groups in total. The van der Waals surface area contributed by atoms with Crippen molar-refractivity contribution in [2.45, 2.75) is 64.5 Å². The molecular formula is C31H33ClFNO4. The van der Waals surface area contributed by atoms with E-state index in [0.717, 1.165) is 16.7 Å². The molecule has 0 aromatic heterocycles. The van der Waals surface area contributed by atoms with Gasteiger partial charge in [-0.05, 0) is 64.9 Å². The lowest BCUT2D eigenvalue weighted by molar-refractivity contribution is -0.137. The summed E-state index contributed by atoms with van der Waals surface area (Å²) in [5.41, 5.74) is 3.68. The van der Waals surface area contributed by atoms with Crippen LogP contribution >= 0.6 is 11.6 Å². The molecule has 38 heavy (non-hydrogen) atoms. The van der Waals surface area contributed by atoms with Crippen LogP contribution in [0.4, 0.5) is 4.39 Å². The predicted octanol–water partition coefficient (Wildman–Crippen LogP) is 6.83. The number of nitrogens with zero attached hydrogens (tertiary/aromatic N) is 1. The molecule has 1 heterocycles. The Kier molecular flexibility index (Phi) is 7.84. The van der Waals surface area contributed by atoms with Crippen molar-refractivity contribution in [2.24, 2.45) is 0 Å². The van der Waals surface area contributed by atoms with Gasteiger partial charge >= 0.3 is 5.97 Å². The minimum absolute atomic E-state index is 0.0139. The highest BCUT2D eigenvalue weighted by Crippen LogP contribution is 2.38. The number of carbonyl (C=O) groups excluding carboxylic acids is 1. The summed E-state index contributed by atoms with van der Waals surface area (Å²) in [4.78, 5) is 26.4. The van der Waals surface area contributed by atoms with Crippen molar-refractivity contribution < 1.29 is 23.8 Å². The van der Waals surface area contributed by atoms with E-state index in [9.17, 15) is 19.1 Å². The minimum atomic E-state index is -0.956. The molecule has 200 valence electrons. The molecule has 0 saturated heterocycles. The van der Waals surface area contributed by atoms with E-state index in [1.807, 2.05) is 25.1 Å². The first-order valence-electron chi connectivity index (χ1n) is 12.7. The zero-order valence-corrected chi connectivity index (χ0v) is 22.9. The van der Waals surface area contributed by atoms with E-state index >= 15 is 0 Å². The van der Waals surface area contributed by atoms with Crippen LogP contribution in [0.15, 0.2) is 60.7 Å². The van der Waals surface area contributed by atoms with Crippen molar-refractivity contribution in [3.63, 3.8) is 0 Å². The zero-order valence-electron chi connectivity index (χ0n) is 22.2. The molecule has 1 aliphatic heterocycles. The Hall–Kier alpha value is -3.38. The maximum Gasteiger partial charge on any atom is 0.305 e. The molecule has 4 rings (SSSR count). The molecule has 0 fully saturated rings. The topological polar surface area (TPSA) is 66.8 Å². The van der Waals surface area contributed by atoms with Crippen LogP contribution in [0.3, 0.4) is 0 Å². The second kappa shape index (κ2) is 10.8. The predicted molar refractivity (Wildman–Crippen MR) is 146 cm³/mol. The summed E-state index contributed by atoms with van der Waals surface area (Å²) < 4.78 is 20.2. The van der Waals surface area contributed by atoms with Crippen molar-refractivity contribution in [2.75, 3.05) is 6.54 Å². The fourth-order valence-electron chi connectivity index (χ4n) is 4.83. The summed E-state index contributed by atoms with van der Waals surface area (Å²) in [6.07, 6.45) is 0.890. The number of carboxylic acid groups (broad SMARTS) is 1. The molecule has 0 spiro atoms. The first-order valence-corrected chi connectivity index (χ1v) is 13.1. The van der Waals surface area contributed by atoms with Crippen molar-refractivity contribution in [1.82, 2.24) is 4.90 Å². The summed E-state index contributed by atoms with van der Waals surface area (Å²) in [6.45, 7) is 8.79. The van der Waals surface area contributed by atoms with Crippen molar-refractivity contribution >= 4 is 23.5 Å². The average Bonchev–Trinajstić information content (AvgIpc) is 3.18. The third kappa shape index (κ3) is 6.54. The van der Waals surface area contributed by atoms with Gasteiger partial charge in [0.1, 0.15) is 17.2 Å². The minimum Gasteiger partial charge on any atom is -0.487 e. The third-order valence-corrected chi connectivity index (χ3v) is 7.17. The number of carbonyl (C=O) groups is 2. The summed E-state index contributed by atoms with van der Waals surface area (Å²) in [7, 11) is 0. The third-order valence-electron chi connectivity index (χ3n) is 6.87. The molecule has 3 aromatic carbocycles. The van der Waals surface area contributed by atoms with E-state index in [1.54, 1.807) is 23.1 Å². The van der Waals surface area contributed by atoms with Gasteiger partial charge in [0, 0.05) is 31.5 Å². The van der Waals surface area contributed by atoms with Gasteiger partial charge < -0.3 is 14.7 Å². The van der Waals surface area contributed by atoms with Crippen molar-refractivity contribution in [3.8, 4) is 5.75 Å². The first kappa shape index (κ1) is 27.6. The van der Waals surface area contributed by atoms with Gasteiger partial charge in [0.25, 0.3) is 5.91 Å². The Morgan fingerprint density at radius 1 is 1.05 bits per heavy atom. The largest absolute Gasteiger partial charge is 0.487 e. The van der Waals surface area contributed by atoms with E-state index in [0.29, 0.717) is 30.7 Å². The van der Waals surface area contributed by atoms with Crippen molar-refractivity contribution in [1.29, 1.82) is 0 Å². The van der Waals surface area contributed by atoms with E-state index in [2.05, 4.69) is 32.9 Å². The van der Waals surface area contributed by atoms with Gasteiger partial charge in [0.2, 0.25) is 0 Å². The number of hydrogen-bond donors (Lipinski definition) is 1. The second-order valence-electron chi connectivity index (χ2n) is 11.3. The average molecular weight is 538 g/mol. The number of aliphatic carboxylic acids is 1. The molecule has 1 aliphatic rings. The van der Waals surface area contributed by atoms with Crippen LogP contribution in [0.5, 0.6) is 5.75 Å². The Morgan fingerprint density at radius 2 is 1.74 bits per heavy atom. The second-order valence-corrected chi connectivity index (χ2v) is 11.7. The number of halogens is 2. The van der Waals surface area contributed by atoms with Gasteiger partial charge in [-0.1, -0.05) is 62.7 Å². The maximum atomic E-state index is 13.9. The molecular weight excluding hydrogens is 505 g/mol. The van der Waals surface area contributed by atoms with E-state index in [-0.39, 0.29) is 29.3 Å². The van der Waals surface area contributed by atoms with Gasteiger partial charge in [-0.2, -0.15) is 0 Å². The van der Waals surface area contributed by atoms with Crippen LogP contribution in [0.2, 0.25) is 5.02 Å². The molecule has 1 unspecified atom stereocenters. The SMILES string of the molecule is CC1(Cc2ccc(Cl)c(F)c2)Cc2cc(C(=O)N(CCC(=O)O)Cc3ccc(C(C)(C)C)cc3)ccc2O1. The Balaban J connectivity index is 1.52. The Bertz CT molecular complexity index is 1350. The Labute approximate surface area is 228 Å². The van der Waals surface area contributed by atoms with Crippen molar-refractivity contribution in [3.05, 3.63) is 99.3 Å². The molecule has 5 nitrogen and oxygen atoms in total. The molecule has 1 amide bonds. The monoisotopic (exact) mass is 537 g/mol. The summed E-state index contributed by atoms with van der Waals surface area (Å²) >= 11 is 5.82. The number of amides is 1. The van der Waals surface area contributed by atoms with Crippen LogP contribution in [-0.4, -0.2) is 34.0 Å². The summed E-state index contributed by atoms with van der Waals surface area (Å²) in [5, 5.41) is 9.34. The molecule has 1 atom stereocenters. The fourth-order valence-corrected chi connectivity index (χ4v) is 4.95. The quantitative estimate of drug-likeness (QED) is 0.342. The highest BCUT2D eigenvalue weighted by Gasteiger charge is 2.36. The Morgan fingerprint density at radius 3 is 2.37 bits per heavy atom. The van der Waals surface area contributed by atoms with Gasteiger partial charge in [0.15, 0.2) is 0 Å². The highest BCUT2D eigenvalue weighted by atomic mass is 35.5. The first-order chi connectivity index (χ1) is 17.8. The van der Waals surface area contributed by atoms with Crippen LogP contribution in [-0.2, 0) is 29.6 Å². The normalized spacial score (nSPS) is 16.6. The van der Waals surface area contributed by atoms with Crippen LogP contribution in [0, 0.1) is 5.82 Å². The van der Waals surface area contributed by atoms with E-state index in [1.165, 1.54) is 17.7 Å². The lowest BCUT2D eigenvalue weighted by Crippen LogP contribution is -2.33. The fraction of sp³-hybridized carbons (Fsp3) is 0.355. The number of benzene rings is 3. The molecule has 0 aliphatic carbocycles.